The Labute approximate surface area is 181 Å². The number of hydrogen-bond acceptors (Lipinski definition) is 6. The van der Waals surface area contributed by atoms with Crippen LogP contribution in [0.4, 0.5) is 17.6 Å². The van der Waals surface area contributed by atoms with Gasteiger partial charge in [0.15, 0.2) is 0 Å². The van der Waals surface area contributed by atoms with Crippen LogP contribution < -0.4 is 10.6 Å². The molecule has 0 bridgehead atoms. The SMILES string of the molecule is CC1(C)C2C(=S(=O)=O)NC(C(=O)NCc3cc(-c4cnc(C(F)(F)F)nc4)ncc3F)C21. The summed E-state index contributed by atoms with van der Waals surface area (Å²) in [5.74, 6) is -2.98. The number of hydrogen-bond donors (Lipinski definition) is 2. The fourth-order valence-electron chi connectivity index (χ4n) is 4.19. The van der Waals surface area contributed by atoms with E-state index in [9.17, 15) is 30.8 Å². The molecule has 1 saturated carbocycles. The Bertz CT molecular complexity index is 1220. The fourth-order valence-corrected chi connectivity index (χ4v) is 5.07. The Balaban J connectivity index is 1.49. The molecular weight excluding hydrogens is 454 g/mol. The normalized spacial score (nSPS) is 23.6. The first kappa shape index (κ1) is 22.3. The molecule has 1 amide bonds. The monoisotopic (exact) mass is 471 g/mol. The van der Waals surface area contributed by atoms with E-state index in [0.29, 0.717) is 0 Å². The van der Waals surface area contributed by atoms with Gasteiger partial charge in [-0.15, -0.1) is 0 Å². The molecule has 2 N–H and O–H groups in total. The predicted octanol–water partition coefficient (Wildman–Crippen LogP) is 1.57. The lowest BCUT2D eigenvalue weighted by Crippen LogP contribution is -2.46. The highest BCUT2D eigenvalue weighted by atomic mass is 32.2. The van der Waals surface area contributed by atoms with Gasteiger partial charge in [-0.2, -0.15) is 21.6 Å². The maximum Gasteiger partial charge on any atom is 0.451 e. The van der Waals surface area contributed by atoms with Gasteiger partial charge in [-0.05, 0) is 17.4 Å². The number of pyridine rings is 1. The predicted molar refractivity (Wildman–Crippen MR) is 104 cm³/mol. The number of nitrogens with zero attached hydrogens (tertiary/aromatic N) is 3. The van der Waals surface area contributed by atoms with Crippen LogP contribution in [0.3, 0.4) is 0 Å². The molecule has 32 heavy (non-hydrogen) atoms. The number of piperidine rings is 1. The summed E-state index contributed by atoms with van der Waals surface area (Å²) in [7, 11) is -2.46. The Kier molecular flexibility index (Phi) is 5.28. The molecule has 0 radical (unpaired) electrons. The summed E-state index contributed by atoms with van der Waals surface area (Å²) in [6, 6.07) is 0.508. The smallest absolute Gasteiger partial charge is 0.351 e. The second kappa shape index (κ2) is 7.59. The minimum absolute atomic E-state index is 0.0458. The van der Waals surface area contributed by atoms with Crippen LogP contribution in [0.2, 0.25) is 0 Å². The van der Waals surface area contributed by atoms with Gasteiger partial charge < -0.3 is 5.32 Å². The maximum absolute atomic E-state index is 14.2. The summed E-state index contributed by atoms with van der Waals surface area (Å²) in [6.45, 7) is 3.52. The number of alkyl halides is 3. The molecule has 13 heteroatoms. The van der Waals surface area contributed by atoms with Crippen molar-refractivity contribution < 1.29 is 30.8 Å². The van der Waals surface area contributed by atoms with Crippen LogP contribution in [-0.4, -0.2) is 40.3 Å². The highest BCUT2D eigenvalue weighted by Gasteiger charge is 2.69. The Morgan fingerprint density at radius 1 is 1.19 bits per heavy atom. The summed E-state index contributed by atoms with van der Waals surface area (Å²) in [6.07, 6.45) is -1.95. The number of halogens is 4. The Morgan fingerprint density at radius 2 is 1.84 bits per heavy atom. The molecule has 3 atom stereocenters. The zero-order valence-electron chi connectivity index (χ0n) is 16.7. The van der Waals surface area contributed by atoms with Crippen molar-refractivity contribution in [2.24, 2.45) is 17.3 Å². The van der Waals surface area contributed by atoms with E-state index < -0.39 is 40.1 Å². The molecule has 2 aromatic rings. The van der Waals surface area contributed by atoms with E-state index >= 15 is 0 Å². The van der Waals surface area contributed by atoms with Gasteiger partial charge in [0.1, 0.15) is 10.8 Å². The van der Waals surface area contributed by atoms with Crippen molar-refractivity contribution in [2.75, 3.05) is 0 Å². The van der Waals surface area contributed by atoms with Crippen LogP contribution >= 0.6 is 0 Å². The van der Waals surface area contributed by atoms with Gasteiger partial charge in [0.25, 0.3) is 0 Å². The van der Waals surface area contributed by atoms with Crippen molar-refractivity contribution in [3.63, 3.8) is 0 Å². The van der Waals surface area contributed by atoms with Crippen molar-refractivity contribution in [2.45, 2.75) is 32.6 Å². The van der Waals surface area contributed by atoms with Gasteiger partial charge in [-0.1, -0.05) is 13.8 Å². The summed E-state index contributed by atoms with van der Waals surface area (Å²) in [5.41, 5.74) is -0.0308. The molecule has 0 aromatic carbocycles. The lowest BCUT2D eigenvalue weighted by atomic mass is 10.0. The van der Waals surface area contributed by atoms with E-state index in [-0.39, 0.29) is 45.6 Å². The minimum Gasteiger partial charge on any atom is -0.351 e. The summed E-state index contributed by atoms with van der Waals surface area (Å²) < 4.78 is 74.9. The molecule has 1 aliphatic carbocycles. The number of carbonyl (C=O) groups is 1. The third-order valence-electron chi connectivity index (χ3n) is 5.90. The van der Waals surface area contributed by atoms with Crippen LogP contribution in [0.25, 0.3) is 11.3 Å². The highest BCUT2D eigenvalue weighted by Crippen LogP contribution is 2.63. The second-order valence-electron chi connectivity index (χ2n) is 8.22. The first-order chi connectivity index (χ1) is 14.9. The number of fused-ring (bicyclic) bond motifs is 1. The van der Waals surface area contributed by atoms with Crippen molar-refractivity contribution in [3.8, 4) is 11.3 Å². The molecule has 1 saturated heterocycles. The van der Waals surface area contributed by atoms with Crippen LogP contribution in [0, 0.1) is 23.1 Å². The molecule has 2 aromatic heterocycles. The third kappa shape index (κ3) is 3.86. The van der Waals surface area contributed by atoms with Gasteiger partial charge in [0, 0.05) is 36.0 Å². The molecule has 1 aliphatic heterocycles. The Morgan fingerprint density at radius 3 is 2.41 bits per heavy atom. The van der Waals surface area contributed by atoms with E-state index in [1.54, 1.807) is 0 Å². The first-order valence-electron chi connectivity index (χ1n) is 9.45. The molecule has 170 valence electrons. The van der Waals surface area contributed by atoms with E-state index in [1.807, 2.05) is 13.8 Å². The van der Waals surface area contributed by atoms with Gasteiger partial charge in [0.05, 0.1) is 17.9 Å². The largest absolute Gasteiger partial charge is 0.451 e. The number of aromatic nitrogens is 3. The van der Waals surface area contributed by atoms with Crippen LogP contribution in [0.15, 0.2) is 24.7 Å². The van der Waals surface area contributed by atoms with Crippen molar-refractivity contribution in [1.29, 1.82) is 0 Å². The van der Waals surface area contributed by atoms with Crippen LogP contribution in [-0.2, 0) is 27.8 Å². The summed E-state index contributed by atoms with van der Waals surface area (Å²) in [5, 5.41) is 5.31. The molecule has 2 aliphatic rings. The van der Waals surface area contributed by atoms with Crippen molar-refractivity contribution in [3.05, 3.63) is 41.9 Å². The number of nitrogens with one attached hydrogen (secondary N) is 2. The minimum atomic E-state index is -4.69. The Hall–Kier alpha value is -2.93. The zero-order valence-corrected chi connectivity index (χ0v) is 17.6. The van der Waals surface area contributed by atoms with Gasteiger partial charge >= 0.3 is 6.18 Å². The molecule has 0 spiro atoms. The average molecular weight is 471 g/mol. The molecule has 3 heterocycles. The third-order valence-corrected chi connectivity index (χ3v) is 6.63. The van der Waals surface area contributed by atoms with E-state index in [2.05, 4.69) is 25.6 Å². The number of rotatable bonds is 4. The van der Waals surface area contributed by atoms with E-state index in [1.165, 1.54) is 6.07 Å². The van der Waals surface area contributed by atoms with E-state index in [4.69, 9.17) is 0 Å². The molecule has 8 nitrogen and oxygen atoms in total. The number of amides is 1. The van der Waals surface area contributed by atoms with Crippen molar-refractivity contribution in [1.82, 2.24) is 25.6 Å². The van der Waals surface area contributed by atoms with Crippen LogP contribution in [0.5, 0.6) is 0 Å². The quantitative estimate of drug-likeness (QED) is 0.514. The molecule has 2 fully saturated rings. The lowest BCUT2D eigenvalue weighted by Gasteiger charge is -2.18. The lowest BCUT2D eigenvalue weighted by molar-refractivity contribution is -0.145. The summed E-state index contributed by atoms with van der Waals surface area (Å²) >= 11 is 0. The topological polar surface area (TPSA) is 114 Å². The van der Waals surface area contributed by atoms with E-state index in [0.717, 1.165) is 18.6 Å². The summed E-state index contributed by atoms with van der Waals surface area (Å²) in [4.78, 5) is 23.1. The highest BCUT2D eigenvalue weighted by molar-refractivity contribution is 7.73. The van der Waals surface area contributed by atoms with Gasteiger partial charge in [-0.25, -0.2) is 14.4 Å². The van der Waals surface area contributed by atoms with Gasteiger partial charge in [-0.3, -0.25) is 15.1 Å². The molecule has 3 unspecified atom stereocenters. The standard InChI is InChI=1S/C19H17F4N5O3S/c1-18(2)12-13(18)16(32(30)31)28-14(12)15(29)25-4-8-3-11(24-7-10(8)20)9-5-26-17(27-6-9)19(21,22)23/h3,5-7,12-14,28H,4H2,1-2H3,(H,25,29). The second-order valence-corrected chi connectivity index (χ2v) is 9.13. The first-order valence-corrected chi connectivity index (χ1v) is 10.5. The number of carbonyl (C=O) groups excluding carboxylic acids is 1. The average Bonchev–Trinajstić information content (AvgIpc) is 3.09. The van der Waals surface area contributed by atoms with Crippen LogP contribution in [0.1, 0.15) is 25.2 Å². The van der Waals surface area contributed by atoms with Crippen molar-refractivity contribution >= 4 is 21.2 Å². The molecular formula is C19H17F4N5O3S. The maximum atomic E-state index is 14.2. The fraction of sp³-hybridized carbons (Fsp3) is 0.421. The zero-order chi connectivity index (χ0) is 23.4. The molecule has 4 rings (SSSR count). The van der Waals surface area contributed by atoms with Gasteiger partial charge in [0.2, 0.25) is 22.0 Å².